The molecule has 140 valence electrons. The fourth-order valence-corrected chi connectivity index (χ4v) is 4.69. The van der Waals surface area contributed by atoms with E-state index in [-0.39, 0.29) is 17.7 Å². The molecule has 3 rings (SSSR count). The molecule has 0 spiro atoms. The fourth-order valence-electron chi connectivity index (χ4n) is 4.69. The van der Waals surface area contributed by atoms with Gasteiger partial charge >= 0.3 is 6.09 Å². The van der Waals surface area contributed by atoms with Crippen LogP contribution in [-0.4, -0.2) is 43.9 Å². The van der Waals surface area contributed by atoms with Crippen molar-refractivity contribution < 1.29 is 9.53 Å². The summed E-state index contributed by atoms with van der Waals surface area (Å²) in [5.41, 5.74) is -0.477. The lowest BCUT2D eigenvalue weighted by Gasteiger charge is -2.50. The molecule has 0 N–H and O–H groups in total. The number of carbonyl (C=O) groups is 1. The van der Waals surface area contributed by atoms with Gasteiger partial charge in [0.15, 0.2) is 0 Å². The lowest BCUT2D eigenvalue weighted by atomic mass is 9.68. The van der Waals surface area contributed by atoms with E-state index in [4.69, 9.17) is 4.74 Å². The smallest absolute Gasteiger partial charge is 0.410 e. The zero-order valence-corrected chi connectivity index (χ0v) is 16.1. The molecule has 1 aromatic rings. The molecule has 6 nitrogen and oxygen atoms in total. The summed E-state index contributed by atoms with van der Waals surface area (Å²) >= 11 is 0. The van der Waals surface area contributed by atoms with E-state index in [0.29, 0.717) is 12.5 Å². The number of piperidine rings is 1. The summed E-state index contributed by atoms with van der Waals surface area (Å²) in [5, 5.41) is 4.52. The van der Waals surface area contributed by atoms with Gasteiger partial charge in [0.2, 0.25) is 0 Å². The lowest BCUT2D eigenvalue weighted by Crippen LogP contribution is -2.56. The molecule has 1 amide bonds. The third-order valence-electron chi connectivity index (χ3n) is 5.83. The van der Waals surface area contributed by atoms with Crippen molar-refractivity contribution in [1.29, 1.82) is 0 Å². The molecule has 1 saturated heterocycles. The molecule has 2 aliphatic rings. The number of hydrogen-bond acceptors (Lipinski definition) is 4. The monoisotopic (exact) mass is 348 g/mol. The molecule has 2 atom stereocenters. The highest BCUT2D eigenvalue weighted by Crippen LogP contribution is 2.45. The Bertz CT molecular complexity index is 575. The summed E-state index contributed by atoms with van der Waals surface area (Å²) in [5.74, 6) is 0.617. The standard InChI is InChI=1S/C19H32N4O2/c1-15-12-19(23-14-20-13-21-23,16-8-6-5-7-9-16)10-11-22(15)17(24)25-18(2,3)4/h13-16H,5-12H2,1-4H3. The highest BCUT2D eigenvalue weighted by atomic mass is 16.6. The topological polar surface area (TPSA) is 60.2 Å². The van der Waals surface area contributed by atoms with Gasteiger partial charge in [-0.15, -0.1) is 0 Å². The van der Waals surface area contributed by atoms with Crippen LogP contribution in [0, 0.1) is 5.92 Å². The van der Waals surface area contributed by atoms with Gasteiger partial charge < -0.3 is 9.64 Å². The second-order valence-corrected chi connectivity index (χ2v) is 8.76. The van der Waals surface area contributed by atoms with Crippen molar-refractivity contribution in [2.24, 2.45) is 5.92 Å². The summed E-state index contributed by atoms with van der Waals surface area (Å²) < 4.78 is 7.69. The Morgan fingerprint density at radius 3 is 2.52 bits per heavy atom. The van der Waals surface area contributed by atoms with Gasteiger partial charge in [-0.05, 0) is 59.3 Å². The van der Waals surface area contributed by atoms with Crippen LogP contribution in [-0.2, 0) is 10.3 Å². The van der Waals surface area contributed by atoms with Gasteiger partial charge in [0.1, 0.15) is 18.3 Å². The Morgan fingerprint density at radius 2 is 1.96 bits per heavy atom. The minimum absolute atomic E-state index is 0.0190. The van der Waals surface area contributed by atoms with Gasteiger partial charge in [-0.3, -0.25) is 0 Å². The van der Waals surface area contributed by atoms with Gasteiger partial charge in [-0.25, -0.2) is 14.5 Å². The zero-order chi connectivity index (χ0) is 18.1. The maximum atomic E-state index is 12.6. The molecule has 1 aromatic heterocycles. The van der Waals surface area contributed by atoms with Crippen molar-refractivity contribution in [2.75, 3.05) is 6.54 Å². The van der Waals surface area contributed by atoms with E-state index < -0.39 is 5.60 Å². The van der Waals surface area contributed by atoms with Gasteiger partial charge in [-0.1, -0.05) is 19.3 Å². The maximum Gasteiger partial charge on any atom is 0.410 e. The Morgan fingerprint density at radius 1 is 1.24 bits per heavy atom. The van der Waals surface area contributed by atoms with E-state index in [1.165, 1.54) is 32.1 Å². The van der Waals surface area contributed by atoms with Crippen LogP contribution in [0.4, 0.5) is 4.79 Å². The second-order valence-electron chi connectivity index (χ2n) is 8.76. The third-order valence-corrected chi connectivity index (χ3v) is 5.83. The molecule has 0 aromatic carbocycles. The fraction of sp³-hybridized carbons (Fsp3) is 0.842. The first-order valence-corrected chi connectivity index (χ1v) is 9.66. The molecule has 1 aliphatic heterocycles. The first-order chi connectivity index (χ1) is 11.8. The Hall–Kier alpha value is -1.59. The Labute approximate surface area is 150 Å². The first-order valence-electron chi connectivity index (χ1n) is 9.66. The number of carbonyl (C=O) groups excluding carboxylic acids is 1. The van der Waals surface area contributed by atoms with Crippen LogP contribution >= 0.6 is 0 Å². The molecule has 0 bridgehead atoms. The highest BCUT2D eigenvalue weighted by Gasteiger charge is 2.47. The molecule has 1 saturated carbocycles. The highest BCUT2D eigenvalue weighted by molar-refractivity contribution is 5.68. The van der Waals surface area contributed by atoms with E-state index in [2.05, 4.69) is 21.7 Å². The van der Waals surface area contributed by atoms with Gasteiger partial charge in [0.05, 0.1) is 5.54 Å². The summed E-state index contributed by atoms with van der Waals surface area (Å²) in [6, 6.07) is 0.134. The molecule has 0 radical (unpaired) electrons. The number of rotatable bonds is 2. The van der Waals surface area contributed by atoms with Crippen molar-refractivity contribution >= 4 is 6.09 Å². The molecule has 25 heavy (non-hydrogen) atoms. The van der Waals surface area contributed by atoms with E-state index in [1.807, 2.05) is 32.0 Å². The van der Waals surface area contributed by atoms with Crippen LogP contribution in [0.3, 0.4) is 0 Å². The van der Waals surface area contributed by atoms with Crippen molar-refractivity contribution in [3.05, 3.63) is 12.7 Å². The van der Waals surface area contributed by atoms with Crippen molar-refractivity contribution in [2.45, 2.75) is 89.8 Å². The Kier molecular flexibility index (Phi) is 5.07. The molecule has 2 fully saturated rings. The third kappa shape index (κ3) is 3.82. The molecular formula is C19H32N4O2. The predicted octanol–water partition coefficient (Wildman–Crippen LogP) is 3.97. The molecule has 1 aliphatic carbocycles. The summed E-state index contributed by atoms with van der Waals surface area (Å²) in [7, 11) is 0. The number of hydrogen-bond donors (Lipinski definition) is 0. The number of ether oxygens (including phenoxy) is 1. The quantitative estimate of drug-likeness (QED) is 0.811. The molecular weight excluding hydrogens is 316 g/mol. The maximum absolute atomic E-state index is 12.6. The number of amides is 1. The SMILES string of the molecule is CC1CC(C2CCCCC2)(n2cncn2)CCN1C(=O)OC(C)(C)C. The summed E-state index contributed by atoms with van der Waals surface area (Å²) in [6.45, 7) is 8.60. The lowest BCUT2D eigenvalue weighted by molar-refractivity contribution is -0.0240. The van der Waals surface area contributed by atoms with Gasteiger partial charge in [0.25, 0.3) is 0 Å². The van der Waals surface area contributed by atoms with Crippen molar-refractivity contribution in [3.63, 3.8) is 0 Å². The minimum Gasteiger partial charge on any atom is -0.444 e. The summed E-state index contributed by atoms with van der Waals surface area (Å²) in [4.78, 5) is 18.7. The zero-order valence-electron chi connectivity index (χ0n) is 16.1. The van der Waals surface area contributed by atoms with Crippen LogP contribution in [0.2, 0.25) is 0 Å². The summed E-state index contributed by atoms with van der Waals surface area (Å²) in [6.07, 6.45) is 11.6. The predicted molar refractivity (Wildman–Crippen MR) is 96.2 cm³/mol. The largest absolute Gasteiger partial charge is 0.444 e. The average Bonchev–Trinajstić information content (AvgIpc) is 3.08. The molecule has 2 heterocycles. The second kappa shape index (κ2) is 6.96. The van der Waals surface area contributed by atoms with Crippen molar-refractivity contribution in [1.82, 2.24) is 19.7 Å². The molecule has 2 unspecified atom stereocenters. The normalized spacial score (nSPS) is 28.8. The van der Waals surface area contributed by atoms with Crippen LogP contribution in [0.25, 0.3) is 0 Å². The van der Waals surface area contributed by atoms with Crippen molar-refractivity contribution in [3.8, 4) is 0 Å². The van der Waals surface area contributed by atoms with E-state index in [0.717, 1.165) is 12.8 Å². The first kappa shape index (κ1) is 18.2. The van der Waals surface area contributed by atoms with Gasteiger partial charge in [-0.2, -0.15) is 5.10 Å². The van der Waals surface area contributed by atoms with Crippen LogP contribution < -0.4 is 0 Å². The molecule has 6 heteroatoms. The number of aromatic nitrogens is 3. The number of likely N-dealkylation sites (tertiary alicyclic amines) is 1. The van der Waals surface area contributed by atoms with E-state index >= 15 is 0 Å². The number of nitrogens with zero attached hydrogens (tertiary/aromatic N) is 4. The van der Waals surface area contributed by atoms with E-state index in [1.54, 1.807) is 6.33 Å². The van der Waals surface area contributed by atoms with Crippen LogP contribution in [0.15, 0.2) is 12.7 Å². The van der Waals surface area contributed by atoms with Crippen LogP contribution in [0.5, 0.6) is 0 Å². The van der Waals surface area contributed by atoms with Gasteiger partial charge in [0, 0.05) is 12.6 Å². The van der Waals surface area contributed by atoms with Crippen LogP contribution in [0.1, 0.15) is 72.6 Å². The Balaban J connectivity index is 1.80. The van der Waals surface area contributed by atoms with E-state index in [9.17, 15) is 4.79 Å². The average molecular weight is 348 g/mol. The minimum atomic E-state index is -0.458.